The Kier molecular flexibility index (Phi) is 28.9. The molecule has 0 bridgehead atoms. The zero-order valence-corrected chi connectivity index (χ0v) is 43.2. The average Bonchev–Trinajstić information content (AvgIpc) is 4.07. The molecule has 2 aromatic rings. The summed E-state index contributed by atoms with van der Waals surface area (Å²) in [4.78, 5) is 78.0. The molecule has 0 aromatic heterocycles. The van der Waals surface area contributed by atoms with Gasteiger partial charge in [0.15, 0.2) is 6.79 Å². The molecule has 0 spiro atoms. The maximum atomic E-state index is 13.4. The number of phenolic OH excluding ortho intramolecular Hbond substituents is 1. The Bertz CT molecular complexity index is 1910. The highest BCUT2D eigenvalue weighted by atomic mass is 16.7. The minimum absolute atomic E-state index is 0.0386. The molecule has 2 aromatic carbocycles. The number of hydrogen-bond acceptors (Lipinski definition) is 12. The van der Waals surface area contributed by atoms with Gasteiger partial charge in [-0.05, 0) is 114 Å². The van der Waals surface area contributed by atoms with Gasteiger partial charge >= 0.3 is 11.9 Å². The van der Waals surface area contributed by atoms with Gasteiger partial charge in [-0.15, -0.1) is 0 Å². The minimum atomic E-state index is -1.11. The van der Waals surface area contributed by atoms with Gasteiger partial charge in [0.2, 0.25) is 11.8 Å². The maximum absolute atomic E-state index is 13.4. The number of phenols is 1. The number of aliphatic hydroxyl groups excluding tert-OH is 1. The molecule has 2 aliphatic heterocycles. The average molecular weight is 995 g/mol. The molecule has 398 valence electrons. The zero-order chi connectivity index (χ0) is 52.0. The number of unbranched alkanes of at least 4 members (excludes halogenated alkanes) is 10. The number of primary amides is 2. The van der Waals surface area contributed by atoms with Crippen molar-refractivity contribution in [3.05, 3.63) is 59.7 Å². The van der Waals surface area contributed by atoms with Crippen molar-refractivity contribution in [3.63, 3.8) is 0 Å². The zero-order valence-electron chi connectivity index (χ0n) is 43.2. The summed E-state index contributed by atoms with van der Waals surface area (Å²) in [6.45, 7) is 7.18. The van der Waals surface area contributed by atoms with Crippen LogP contribution >= 0.6 is 0 Å². The summed E-state index contributed by atoms with van der Waals surface area (Å²) in [7, 11) is 1.53. The molecule has 0 saturated carbocycles. The van der Waals surface area contributed by atoms with E-state index in [-0.39, 0.29) is 65.9 Å². The molecule has 6 atom stereocenters. The largest absolute Gasteiger partial charge is 0.507 e. The van der Waals surface area contributed by atoms with Crippen LogP contribution in [0.2, 0.25) is 0 Å². The van der Waals surface area contributed by atoms with Crippen LogP contribution in [0.5, 0.6) is 11.5 Å². The van der Waals surface area contributed by atoms with Gasteiger partial charge in [-0.2, -0.15) is 0 Å². The molecular formula is C55H86N4O12. The summed E-state index contributed by atoms with van der Waals surface area (Å²) >= 11 is 0. The smallest absolute Gasteiger partial charge is 0.329 e. The molecular weight excluding hydrogens is 909 g/mol. The van der Waals surface area contributed by atoms with Crippen LogP contribution in [-0.2, 0) is 33.4 Å². The standard InChI is InChI=1S/C29H46N2O6.C26H40N2O6/c1-4-5-6-9-15-23(16-10-7-8-14-22(2)27(30)32)37-29(34)25-18-13-20-31(25)28(33)24-17-11-12-19-26(24)36-21-35-3;1-2-3-4-6-12-19(13-7-5-8-17-23(30)24(27)31)34-26(33)21-15-11-18-28(21)25(32)20-14-9-10-16-22(20)29/h11-12,17,19,22-23,25H,4-10,13-16,18,20-21H2,1-3H3,(H2,30,32);9-10,14,16,19,21,23,29-30H,2-8,11-13,15,17-18H2,1H3,(H2,27,31)/t22-,23-,25+;19-,21+,23-/m11/s1. The number of aromatic hydroxyl groups is 1. The molecule has 2 fully saturated rings. The normalized spacial score (nSPS) is 17.1. The number of rotatable bonds is 33. The van der Waals surface area contributed by atoms with Gasteiger partial charge in [0.25, 0.3) is 11.8 Å². The number of ether oxygens (including phenoxy) is 4. The first-order valence-corrected chi connectivity index (χ1v) is 26.5. The lowest BCUT2D eigenvalue weighted by atomic mass is 9.99. The molecule has 4 amide bonds. The van der Waals surface area contributed by atoms with Crippen LogP contribution in [0.4, 0.5) is 0 Å². The second kappa shape index (κ2) is 34.2. The summed E-state index contributed by atoms with van der Waals surface area (Å²) in [6, 6.07) is 12.2. The Hall–Kier alpha value is -5.22. The van der Waals surface area contributed by atoms with Gasteiger partial charge in [0.05, 0.1) is 11.1 Å². The van der Waals surface area contributed by atoms with Gasteiger partial charge in [0, 0.05) is 26.1 Å². The molecule has 16 heteroatoms. The molecule has 6 N–H and O–H groups in total. The fraction of sp³-hybridized carbons (Fsp3) is 0.673. The van der Waals surface area contributed by atoms with Crippen LogP contribution in [0.15, 0.2) is 48.5 Å². The molecule has 0 radical (unpaired) electrons. The van der Waals surface area contributed by atoms with Crippen molar-refractivity contribution in [1.29, 1.82) is 0 Å². The van der Waals surface area contributed by atoms with E-state index in [1.54, 1.807) is 47.4 Å². The second-order valence-corrected chi connectivity index (χ2v) is 19.2. The number of carbonyl (C=O) groups excluding carboxylic acids is 6. The number of benzene rings is 2. The molecule has 2 saturated heterocycles. The number of nitrogens with two attached hydrogens (primary N) is 2. The van der Waals surface area contributed by atoms with Crippen molar-refractivity contribution < 1.29 is 57.9 Å². The predicted octanol–water partition coefficient (Wildman–Crippen LogP) is 8.90. The van der Waals surface area contributed by atoms with Crippen molar-refractivity contribution in [1.82, 2.24) is 9.80 Å². The van der Waals surface area contributed by atoms with Crippen molar-refractivity contribution in [2.45, 2.75) is 205 Å². The lowest BCUT2D eigenvalue weighted by Crippen LogP contribution is -2.42. The molecule has 2 aliphatic rings. The van der Waals surface area contributed by atoms with Crippen molar-refractivity contribution in [3.8, 4) is 11.5 Å². The van der Waals surface area contributed by atoms with Crippen LogP contribution in [0.25, 0.3) is 0 Å². The highest BCUT2D eigenvalue weighted by Crippen LogP contribution is 2.29. The minimum Gasteiger partial charge on any atom is -0.507 e. The summed E-state index contributed by atoms with van der Waals surface area (Å²) in [5.41, 5.74) is 11.0. The number of esters is 2. The highest BCUT2D eigenvalue weighted by Gasteiger charge is 2.39. The summed E-state index contributed by atoms with van der Waals surface area (Å²) in [5.74, 6) is -2.02. The van der Waals surface area contributed by atoms with E-state index >= 15 is 0 Å². The van der Waals surface area contributed by atoms with E-state index in [1.807, 2.05) is 6.92 Å². The Balaban J connectivity index is 0.000000377. The van der Waals surface area contributed by atoms with E-state index in [0.717, 1.165) is 109 Å². The maximum Gasteiger partial charge on any atom is 0.329 e. The van der Waals surface area contributed by atoms with Gasteiger partial charge < -0.3 is 50.4 Å². The number of nitrogens with zero attached hydrogens (tertiary/aromatic N) is 2. The number of methoxy groups -OCH3 is 1. The number of carbonyl (C=O) groups is 6. The van der Waals surface area contributed by atoms with Crippen molar-refractivity contribution >= 4 is 35.6 Å². The van der Waals surface area contributed by atoms with E-state index in [4.69, 9.17) is 30.4 Å². The first-order chi connectivity index (χ1) is 34.2. The third-order valence-electron chi connectivity index (χ3n) is 13.5. The molecule has 0 aliphatic carbocycles. The molecule has 4 rings (SSSR count). The summed E-state index contributed by atoms with van der Waals surface area (Å²) in [6.07, 6.45) is 19.2. The topological polar surface area (TPSA) is 238 Å². The van der Waals surface area contributed by atoms with Crippen LogP contribution in [-0.4, -0.2) is 113 Å². The van der Waals surface area contributed by atoms with E-state index in [0.29, 0.717) is 62.9 Å². The Morgan fingerprint density at radius 2 is 1.04 bits per heavy atom. The summed E-state index contributed by atoms with van der Waals surface area (Å²) in [5, 5.41) is 19.6. The van der Waals surface area contributed by atoms with Gasteiger partial charge in [-0.1, -0.05) is 109 Å². The third-order valence-corrected chi connectivity index (χ3v) is 13.5. The predicted molar refractivity (Wildman–Crippen MR) is 272 cm³/mol. The second-order valence-electron chi connectivity index (χ2n) is 19.2. The Morgan fingerprint density at radius 1 is 0.606 bits per heavy atom. The van der Waals surface area contributed by atoms with Crippen LogP contribution in [0, 0.1) is 5.92 Å². The number of amides is 4. The first kappa shape index (κ1) is 60.1. The molecule has 71 heavy (non-hydrogen) atoms. The fourth-order valence-electron chi connectivity index (χ4n) is 9.14. The van der Waals surface area contributed by atoms with Crippen LogP contribution < -0.4 is 16.2 Å². The molecule has 16 nitrogen and oxygen atoms in total. The molecule has 0 unspecified atom stereocenters. The lowest BCUT2D eigenvalue weighted by molar-refractivity contribution is -0.155. The van der Waals surface area contributed by atoms with Crippen molar-refractivity contribution in [2.24, 2.45) is 17.4 Å². The van der Waals surface area contributed by atoms with E-state index in [9.17, 15) is 39.0 Å². The van der Waals surface area contributed by atoms with Gasteiger partial charge in [0.1, 0.15) is 41.9 Å². The monoisotopic (exact) mass is 995 g/mol. The van der Waals surface area contributed by atoms with E-state index in [1.165, 1.54) is 24.5 Å². The number of likely N-dealkylation sites (tertiary alicyclic amines) is 2. The first-order valence-electron chi connectivity index (χ1n) is 26.5. The Labute approximate surface area is 422 Å². The third kappa shape index (κ3) is 21.6. The lowest BCUT2D eigenvalue weighted by Gasteiger charge is -2.26. The van der Waals surface area contributed by atoms with Crippen LogP contribution in [0.3, 0.4) is 0 Å². The number of hydrogen-bond donors (Lipinski definition) is 4. The van der Waals surface area contributed by atoms with E-state index in [2.05, 4.69) is 13.8 Å². The summed E-state index contributed by atoms with van der Waals surface area (Å²) < 4.78 is 22.5. The highest BCUT2D eigenvalue weighted by molar-refractivity contribution is 6.00. The van der Waals surface area contributed by atoms with E-state index < -0.39 is 24.1 Å². The molecule has 2 heterocycles. The quantitative estimate of drug-likeness (QED) is 0.0298. The Morgan fingerprint density at radius 3 is 1.51 bits per heavy atom. The van der Waals surface area contributed by atoms with Gasteiger partial charge in [-0.25, -0.2) is 9.59 Å². The number of aliphatic hydroxyl groups is 1. The van der Waals surface area contributed by atoms with Gasteiger partial charge in [-0.3, -0.25) is 19.2 Å². The van der Waals surface area contributed by atoms with Crippen LogP contribution in [0.1, 0.15) is 196 Å². The SMILES string of the molecule is CCCCCC[C@H](CCCCC[C@@H](C)C(N)=O)OC(=O)[C@@H]1CCCN1C(=O)c1ccccc1OCOC.CCCCCC[C@H](CCCCC[C@@H](O)C(N)=O)OC(=O)[C@@H]1CCCN1C(=O)c1ccccc1O. The fourth-order valence-corrected chi connectivity index (χ4v) is 9.14. The number of para-hydroxylation sites is 2. The van der Waals surface area contributed by atoms with Crippen molar-refractivity contribution in [2.75, 3.05) is 27.0 Å².